The quantitative estimate of drug-likeness (QED) is 0.681. The molecule has 1 N–H and O–H groups in total. The Labute approximate surface area is 125 Å². The number of likely N-dealkylation sites (tertiary alicyclic amines) is 1. The Hall–Kier alpha value is -1.62. The average molecular weight is 289 g/mol. The third kappa shape index (κ3) is 2.88. The lowest BCUT2D eigenvalue weighted by molar-refractivity contribution is -0.384. The Kier molecular flexibility index (Phi) is 4.10. The zero-order valence-electron chi connectivity index (χ0n) is 12.5. The highest BCUT2D eigenvalue weighted by Gasteiger charge is 2.35. The second-order valence-electron chi connectivity index (χ2n) is 6.22. The fraction of sp³-hybridized carbons (Fsp3) is 0.625. The van der Waals surface area contributed by atoms with Gasteiger partial charge in [0.15, 0.2) is 0 Å². The Morgan fingerprint density at radius 1 is 1.33 bits per heavy atom. The summed E-state index contributed by atoms with van der Waals surface area (Å²) in [6.45, 7) is 1.94. The smallest absolute Gasteiger partial charge is 0.269 e. The van der Waals surface area contributed by atoms with Crippen molar-refractivity contribution in [3.05, 3.63) is 33.9 Å². The lowest BCUT2D eigenvalue weighted by atomic mass is 9.91. The number of non-ortho nitro benzene ring substituents is 1. The lowest BCUT2D eigenvalue weighted by Gasteiger charge is -2.38. The van der Waals surface area contributed by atoms with Crippen molar-refractivity contribution in [1.29, 1.82) is 0 Å². The first kappa shape index (κ1) is 14.3. The maximum absolute atomic E-state index is 11.0. The third-order valence-corrected chi connectivity index (χ3v) is 5.05. The Morgan fingerprint density at radius 3 is 2.90 bits per heavy atom. The molecule has 114 valence electrons. The Bertz CT molecular complexity index is 532. The SMILES string of the molecule is CNc1ccc([N+](=O)[O-])cc1CN1CCCC2CCCC21. The molecule has 0 amide bonds. The summed E-state index contributed by atoms with van der Waals surface area (Å²) in [4.78, 5) is 13.2. The first-order chi connectivity index (χ1) is 10.2. The standard InChI is InChI=1S/C16H23N3O2/c1-17-15-8-7-14(19(20)21)10-13(15)11-18-9-3-5-12-4-2-6-16(12)18/h7-8,10,12,16-17H,2-6,9,11H2,1H3. The van der Waals surface area contributed by atoms with Gasteiger partial charge in [-0.25, -0.2) is 0 Å². The van der Waals surface area contributed by atoms with Gasteiger partial charge in [0.25, 0.3) is 5.69 Å². The highest BCUT2D eigenvalue weighted by Crippen LogP contribution is 2.38. The van der Waals surface area contributed by atoms with E-state index in [1.807, 2.05) is 13.1 Å². The molecule has 1 aromatic carbocycles. The third-order valence-electron chi connectivity index (χ3n) is 5.05. The topological polar surface area (TPSA) is 58.4 Å². The van der Waals surface area contributed by atoms with Gasteiger partial charge >= 0.3 is 0 Å². The lowest BCUT2D eigenvalue weighted by Crippen LogP contribution is -2.41. The molecule has 5 heteroatoms. The van der Waals surface area contributed by atoms with E-state index in [4.69, 9.17) is 0 Å². The molecule has 2 aliphatic rings. The summed E-state index contributed by atoms with van der Waals surface area (Å²) in [6.07, 6.45) is 6.59. The summed E-state index contributed by atoms with van der Waals surface area (Å²) < 4.78 is 0. The van der Waals surface area contributed by atoms with E-state index in [1.165, 1.54) is 32.1 Å². The molecular weight excluding hydrogens is 266 g/mol. The highest BCUT2D eigenvalue weighted by atomic mass is 16.6. The normalized spacial score (nSPS) is 25.6. The molecular formula is C16H23N3O2. The summed E-state index contributed by atoms with van der Waals surface area (Å²) in [6, 6.07) is 5.81. The van der Waals surface area contributed by atoms with Gasteiger partial charge in [0, 0.05) is 37.5 Å². The van der Waals surface area contributed by atoms with Crippen molar-refractivity contribution in [3.63, 3.8) is 0 Å². The minimum absolute atomic E-state index is 0.184. The van der Waals surface area contributed by atoms with E-state index in [9.17, 15) is 10.1 Å². The Morgan fingerprint density at radius 2 is 2.14 bits per heavy atom. The number of nitro benzene ring substituents is 1. The van der Waals surface area contributed by atoms with Gasteiger partial charge in [-0.1, -0.05) is 6.42 Å². The van der Waals surface area contributed by atoms with Crippen molar-refractivity contribution in [2.24, 2.45) is 5.92 Å². The molecule has 2 unspecified atom stereocenters. The Balaban J connectivity index is 1.82. The van der Waals surface area contributed by atoms with Crippen LogP contribution in [0.3, 0.4) is 0 Å². The molecule has 2 fully saturated rings. The van der Waals surface area contributed by atoms with Gasteiger partial charge in [-0.15, -0.1) is 0 Å². The van der Waals surface area contributed by atoms with E-state index in [0.29, 0.717) is 6.04 Å². The predicted octanol–water partition coefficient (Wildman–Crippen LogP) is 3.40. The molecule has 0 aromatic heterocycles. The summed E-state index contributed by atoms with van der Waals surface area (Å²) in [7, 11) is 1.87. The second-order valence-corrected chi connectivity index (χ2v) is 6.22. The van der Waals surface area contributed by atoms with Crippen LogP contribution in [0.25, 0.3) is 0 Å². The number of fused-ring (bicyclic) bond motifs is 1. The fourth-order valence-corrected chi connectivity index (χ4v) is 4.04. The van der Waals surface area contributed by atoms with Gasteiger partial charge in [-0.05, 0) is 49.8 Å². The van der Waals surface area contributed by atoms with Crippen LogP contribution in [-0.2, 0) is 6.54 Å². The molecule has 21 heavy (non-hydrogen) atoms. The van der Waals surface area contributed by atoms with E-state index >= 15 is 0 Å². The van der Waals surface area contributed by atoms with Crippen molar-refractivity contribution in [3.8, 4) is 0 Å². The van der Waals surface area contributed by atoms with E-state index in [0.717, 1.165) is 30.3 Å². The zero-order valence-corrected chi connectivity index (χ0v) is 12.5. The summed E-state index contributed by atoms with van der Waals surface area (Å²) in [5.41, 5.74) is 2.23. The molecule has 0 bridgehead atoms. The summed E-state index contributed by atoms with van der Waals surface area (Å²) in [5.74, 6) is 0.843. The molecule has 5 nitrogen and oxygen atoms in total. The van der Waals surface area contributed by atoms with Gasteiger partial charge in [0.05, 0.1) is 4.92 Å². The molecule has 1 saturated heterocycles. The minimum Gasteiger partial charge on any atom is -0.388 e. The highest BCUT2D eigenvalue weighted by molar-refractivity contribution is 5.55. The monoisotopic (exact) mass is 289 g/mol. The maximum atomic E-state index is 11.0. The van der Waals surface area contributed by atoms with Crippen molar-refractivity contribution in [1.82, 2.24) is 4.90 Å². The number of rotatable bonds is 4. The number of nitro groups is 1. The first-order valence-corrected chi connectivity index (χ1v) is 7.88. The van der Waals surface area contributed by atoms with E-state index in [-0.39, 0.29) is 10.6 Å². The van der Waals surface area contributed by atoms with Gasteiger partial charge in [0.2, 0.25) is 0 Å². The molecule has 1 saturated carbocycles. The zero-order chi connectivity index (χ0) is 14.8. The molecule has 1 aliphatic carbocycles. The van der Waals surface area contributed by atoms with Crippen molar-refractivity contribution in [2.75, 3.05) is 18.9 Å². The van der Waals surface area contributed by atoms with Crippen LogP contribution in [0.5, 0.6) is 0 Å². The number of hydrogen-bond acceptors (Lipinski definition) is 4. The number of piperidine rings is 1. The van der Waals surface area contributed by atoms with E-state index < -0.39 is 0 Å². The van der Waals surface area contributed by atoms with Crippen LogP contribution < -0.4 is 5.32 Å². The van der Waals surface area contributed by atoms with Gasteiger partial charge in [-0.3, -0.25) is 15.0 Å². The van der Waals surface area contributed by atoms with Crippen LogP contribution in [0.2, 0.25) is 0 Å². The van der Waals surface area contributed by atoms with Crippen molar-refractivity contribution in [2.45, 2.75) is 44.7 Å². The second kappa shape index (κ2) is 6.02. The largest absolute Gasteiger partial charge is 0.388 e. The molecule has 0 radical (unpaired) electrons. The van der Waals surface area contributed by atoms with E-state index in [2.05, 4.69) is 10.2 Å². The fourth-order valence-electron chi connectivity index (χ4n) is 4.04. The molecule has 1 aromatic rings. The number of hydrogen-bond donors (Lipinski definition) is 1. The van der Waals surface area contributed by atoms with Crippen molar-refractivity contribution < 1.29 is 4.92 Å². The van der Waals surface area contributed by atoms with Crippen molar-refractivity contribution >= 4 is 11.4 Å². The van der Waals surface area contributed by atoms with Crippen LogP contribution in [-0.4, -0.2) is 29.5 Å². The molecule has 1 aliphatic heterocycles. The van der Waals surface area contributed by atoms with Crippen LogP contribution in [0.15, 0.2) is 18.2 Å². The number of benzene rings is 1. The number of nitrogens with one attached hydrogen (secondary N) is 1. The first-order valence-electron chi connectivity index (χ1n) is 7.88. The molecule has 3 rings (SSSR count). The predicted molar refractivity (Wildman–Crippen MR) is 83.4 cm³/mol. The molecule has 0 spiro atoms. The van der Waals surface area contributed by atoms with Gasteiger partial charge < -0.3 is 5.32 Å². The minimum atomic E-state index is -0.308. The average Bonchev–Trinajstić information content (AvgIpc) is 2.96. The van der Waals surface area contributed by atoms with Crippen LogP contribution in [0, 0.1) is 16.0 Å². The van der Waals surface area contributed by atoms with Crippen LogP contribution >= 0.6 is 0 Å². The van der Waals surface area contributed by atoms with Crippen LogP contribution in [0.4, 0.5) is 11.4 Å². The summed E-state index contributed by atoms with van der Waals surface area (Å²) >= 11 is 0. The molecule has 2 atom stereocenters. The van der Waals surface area contributed by atoms with Gasteiger partial charge in [0.1, 0.15) is 0 Å². The number of anilines is 1. The maximum Gasteiger partial charge on any atom is 0.269 e. The number of nitrogens with zero attached hydrogens (tertiary/aromatic N) is 2. The molecule has 1 heterocycles. The van der Waals surface area contributed by atoms with E-state index in [1.54, 1.807) is 12.1 Å². The van der Waals surface area contributed by atoms with Crippen LogP contribution in [0.1, 0.15) is 37.7 Å². The summed E-state index contributed by atoms with van der Waals surface area (Å²) in [5, 5.41) is 14.2. The van der Waals surface area contributed by atoms with Gasteiger partial charge in [-0.2, -0.15) is 0 Å².